The maximum atomic E-state index is 10.9. The topological polar surface area (TPSA) is 97.6 Å². The molecule has 1 atom stereocenters. The number of fused-ring (bicyclic) bond motifs is 1. The molecule has 0 aliphatic heterocycles. The summed E-state index contributed by atoms with van der Waals surface area (Å²) in [7, 11) is 0. The van der Waals surface area contributed by atoms with Gasteiger partial charge in [-0.05, 0) is 40.8 Å². The van der Waals surface area contributed by atoms with E-state index < -0.39 is 11.0 Å². The number of aliphatic hydroxyl groups excluding tert-OH is 1. The maximum absolute atomic E-state index is 10.9. The molecular formula is C20H19N5O3. The highest BCUT2D eigenvalue weighted by Gasteiger charge is 2.17. The highest BCUT2D eigenvalue weighted by atomic mass is 16.6. The number of hydrogen-bond acceptors (Lipinski definition) is 5. The Balaban J connectivity index is 1.38. The normalized spacial score (nSPS) is 12.2. The molecule has 0 aliphatic carbocycles. The lowest BCUT2D eigenvalue weighted by atomic mass is 10.1. The molecule has 4 rings (SSSR count). The molecular weight excluding hydrogens is 358 g/mol. The van der Waals surface area contributed by atoms with Crippen LogP contribution in [0.3, 0.4) is 0 Å². The summed E-state index contributed by atoms with van der Waals surface area (Å²) in [6.07, 6.45) is 6.14. The number of nitro groups is 1. The van der Waals surface area contributed by atoms with E-state index in [0.717, 1.165) is 22.3 Å². The fourth-order valence-corrected chi connectivity index (χ4v) is 3.14. The lowest BCUT2D eigenvalue weighted by Crippen LogP contribution is -2.25. The van der Waals surface area contributed by atoms with Crippen LogP contribution in [0, 0.1) is 10.1 Å². The summed E-state index contributed by atoms with van der Waals surface area (Å²) >= 11 is 0. The number of nitrogens with zero attached hydrogens (tertiary/aromatic N) is 4. The molecule has 8 heteroatoms. The van der Waals surface area contributed by atoms with Crippen molar-refractivity contribution in [3.63, 3.8) is 0 Å². The first-order valence-corrected chi connectivity index (χ1v) is 8.85. The van der Waals surface area contributed by atoms with Gasteiger partial charge in [-0.15, -0.1) is 0 Å². The summed E-state index contributed by atoms with van der Waals surface area (Å²) < 4.78 is 3.40. The first-order valence-electron chi connectivity index (χ1n) is 8.85. The summed E-state index contributed by atoms with van der Waals surface area (Å²) in [4.78, 5) is 14.0. The monoisotopic (exact) mass is 377 g/mol. The highest BCUT2D eigenvalue weighted by molar-refractivity contribution is 5.71. The van der Waals surface area contributed by atoms with E-state index in [9.17, 15) is 15.2 Å². The Bertz CT molecular complexity index is 1070. The van der Waals surface area contributed by atoms with Gasteiger partial charge in [0.05, 0.1) is 6.54 Å². The molecule has 3 heterocycles. The molecule has 0 fully saturated rings. The quantitative estimate of drug-likeness (QED) is 0.381. The van der Waals surface area contributed by atoms with E-state index in [-0.39, 0.29) is 19.0 Å². The predicted molar refractivity (Wildman–Crippen MR) is 106 cm³/mol. The summed E-state index contributed by atoms with van der Waals surface area (Å²) in [5.74, 6) is -0.275. The molecule has 0 amide bonds. The second-order valence-electron chi connectivity index (χ2n) is 6.51. The van der Waals surface area contributed by atoms with Crippen LogP contribution in [-0.4, -0.2) is 36.6 Å². The average molecular weight is 377 g/mol. The minimum absolute atomic E-state index is 0.0960. The molecule has 2 N–H and O–H groups in total. The first kappa shape index (κ1) is 17.7. The molecule has 0 saturated heterocycles. The predicted octanol–water partition coefficient (Wildman–Crippen LogP) is 3.18. The van der Waals surface area contributed by atoms with E-state index >= 15 is 0 Å². The lowest BCUT2D eigenvalue weighted by molar-refractivity contribution is -0.397. The van der Waals surface area contributed by atoms with Crippen LogP contribution in [0.4, 0.5) is 11.6 Å². The Labute approximate surface area is 160 Å². The zero-order chi connectivity index (χ0) is 19.5. The molecule has 0 spiro atoms. The number of nitrogens with one attached hydrogen (secondary N) is 1. The largest absolute Gasteiger partial charge is 0.434 e. The second kappa shape index (κ2) is 7.53. The third-order valence-corrected chi connectivity index (χ3v) is 4.53. The Morgan fingerprint density at radius 3 is 2.71 bits per heavy atom. The lowest BCUT2D eigenvalue weighted by Gasteiger charge is -2.12. The summed E-state index contributed by atoms with van der Waals surface area (Å²) in [6, 6.07) is 16.1. The minimum Gasteiger partial charge on any atom is -0.390 e. The third kappa shape index (κ3) is 3.72. The molecule has 0 radical (unpaired) electrons. The van der Waals surface area contributed by atoms with Crippen molar-refractivity contribution in [2.24, 2.45) is 0 Å². The van der Waals surface area contributed by atoms with Gasteiger partial charge in [0, 0.05) is 35.7 Å². The summed E-state index contributed by atoms with van der Waals surface area (Å²) in [5, 5.41) is 24.2. The number of imidazole rings is 1. The zero-order valence-corrected chi connectivity index (χ0v) is 15.0. The van der Waals surface area contributed by atoms with E-state index in [4.69, 9.17) is 0 Å². The number of pyridine rings is 1. The summed E-state index contributed by atoms with van der Waals surface area (Å²) in [6.45, 7) is 0.365. The number of rotatable bonds is 7. The van der Waals surface area contributed by atoms with Gasteiger partial charge >= 0.3 is 5.95 Å². The molecule has 1 unspecified atom stereocenters. The molecule has 0 bridgehead atoms. The van der Waals surface area contributed by atoms with Crippen molar-refractivity contribution in [2.45, 2.75) is 12.6 Å². The molecule has 1 aromatic carbocycles. The van der Waals surface area contributed by atoms with Gasteiger partial charge in [0.15, 0.2) is 0 Å². The Morgan fingerprint density at radius 2 is 1.96 bits per heavy atom. The molecule has 142 valence electrons. The van der Waals surface area contributed by atoms with Gasteiger partial charge in [0.25, 0.3) is 0 Å². The van der Waals surface area contributed by atoms with E-state index in [1.165, 1.54) is 17.0 Å². The van der Waals surface area contributed by atoms with Gasteiger partial charge in [-0.3, -0.25) is 0 Å². The fourth-order valence-electron chi connectivity index (χ4n) is 3.14. The second-order valence-corrected chi connectivity index (χ2v) is 6.51. The van der Waals surface area contributed by atoms with Crippen LogP contribution in [0.2, 0.25) is 0 Å². The van der Waals surface area contributed by atoms with Gasteiger partial charge in [-0.2, -0.15) is 0 Å². The van der Waals surface area contributed by atoms with Crippen LogP contribution in [0.15, 0.2) is 73.3 Å². The van der Waals surface area contributed by atoms with Gasteiger partial charge in [0.2, 0.25) is 0 Å². The minimum atomic E-state index is -0.788. The van der Waals surface area contributed by atoms with Crippen molar-refractivity contribution in [3.8, 4) is 11.1 Å². The maximum Gasteiger partial charge on any atom is 0.434 e. The Kier molecular flexibility index (Phi) is 4.77. The van der Waals surface area contributed by atoms with E-state index in [1.54, 1.807) is 0 Å². The number of hydrogen-bond donors (Lipinski definition) is 2. The van der Waals surface area contributed by atoms with E-state index in [0.29, 0.717) is 0 Å². The van der Waals surface area contributed by atoms with Gasteiger partial charge in [0.1, 0.15) is 18.5 Å². The fraction of sp³-hybridized carbons (Fsp3) is 0.150. The van der Waals surface area contributed by atoms with Crippen molar-refractivity contribution in [3.05, 3.63) is 83.4 Å². The smallest absolute Gasteiger partial charge is 0.390 e. The zero-order valence-electron chi connectivity index (χ0n) is 15.0. The van der Waals surface area contributed by atoms with Crippen LogP contribution < -0.4 is 5.32 Å². The van der Waals surface area contributed by atoms with Crippen LogP contribution in [-0.2, 0) is 6.54 Å². The molecule has 0 aliphatic rings. The number of aromatic nitrogens is 3. The molecule has 28 heavy (non-hydrogen) atoms. The van der Waals surface area contributed by atoms with Crippen LogP contribution in [0.25, 0.3) is 16.6 Å². The number of benzene rings is 1. The summed E-state index contributed by atoms with van der Waals surface area (Å²) in [5.41, 5.74) is 4.23. The van der Waals surface area contributed by atoms with Crippen LogP contribution in [0.1, 0.15) is 0 Å². The molecule has 3 aromatic heterocycles. The number of anilines is 1. The van der Waals surface area contributed by atoms with Gasteiger partial charge < -0.3 is 24.9 Å². The Hall–Kier alpha value is -3.65. The van der Waals surface area contributed by atoms with E-state index in [2.05, 4.69) is 33.0 Å². The third-order valence-electron chi connectivity index (χ3n) is 4.53. The Morgan fingerprint density at radius 1 is 1.14 bits per heavy atom. The number of aliphatic hydroxyl groups is 1. The molecule has 8 nitrogen and oxygen atoms in total. The highest BCUT2D eigenvalue weighted by Crippen LogP contribution is 2.24. The van der Waals surface area contributed by atoms with Crippen LogP contribution in [0.5, 0.6) is 0 Å². The first-order chi connectivity index (χ1) is 13.6. The van der Waals surface area contributed by atoms with E-state index in [1.807, 2.05) is 42.6 Å². The standard InChI is InChI=1S/C20H19N5O3/c26-19(14-24-10-8-21-20(24)25(27)28)12-22-17-6-4-15(5-7-17)16-11-18-3-1-2-9-23(18)13-16/h1-11,13,19,22,26H,12,14H2. The van der Waals surface area contributed by atoms with Crippen molar-refractivity contribution in [2.75, 3.05) is 11.9 Å². The van der Waals surface area contributed by atoms with Crippen molar-refractivity contribution < 1.29 is 10.0 Å². The molecule has 4 aromatic rings. The average Bonchev–Trinajstić information content (AvgIpc) is 3.33. The van der Waals surface area contributed by atoms with Gasteiger partial charge in [-0.1, -0.05) is 23.2 Å². The van der Waals surface area contributed by atoms with Crippen molar-refractivity contribution in [1.29, 1.82) is 0 Å². The van der Waals surface area contributed by atoms with Gasteiger partial charge in [-0.25, -0.2) is 4.57 Å². The SMILES string of the molecule is O=[N+]([O-])c1nccn1CC(O)CNc1ccc(-c2cc3ccccn3c2)cc1. The molecule has 0 saturated carbocycles. The van der Waals surface area contributed by atoms with Crippen molar-refractivity contribution in [1.82, 2.24) is 14.0 Å². The van der Waals surface area contributed by atoms with Crippen molar-refractivity contribution >= 4 is 17.2 Å². The van der Waals surface area contributed by atoms with Crippen LogP contribution >= 0.6 is 0 Å².